The van der Waals surface area contributed by atoms with Crippen LogP contribution in [0.15, 0.2) is 12.1 Å². The van der Waals surface area contributed by atoms with Crippen molar-refractivity contribution in [1.29, 1.82) is 0 Å². The average Bonchev–Trinajstić information content (AvgIpc) is 3.03. The maximum Gasteiger partial charge on any atom is 0.345 e. The Kier molecular flexibility index (Phi) is 5.90. The summed E-state index contributed by atoms with van der Waals surface area (Å²) in [6, 6.07) is 1.84. The lowest BCUT2D eigenvalue weighted by Gasteiger charge is -2.33. The van der Waals surface area contributed by atoms with Crippen LogP contribution in [0.1, 0.15) is 50.2 Å². The number of carboxylic acid groups (broad SMARTS) is 1. The molecule has 0 aromatic heterocycles. The quantitative estimate of drug-likeness (QED) is 0.691. The van der Waals surface area contributed by atoms with Crippen LogP contribution in [-0.4, -0.2) is 48.0 Å². The maximum atomic E-state index is 12.1. The Balaban J connectivity index is 1.71. The Bertz CT molecular complexity index is 928. The van der Waals surface area contributed by atoms with Crippen LogP contribution in [0.25, 0.3) is 5.57 Å². The van der Waals surface area contributed by atoms with Crippen molar-refractivity contribution in [3.05, 3.63) is 33.3 Å². The molecule has 4 rings (SSSR count). The number of carboxylic acids is 1. The molecule has 0 amide bonds. The van der Waals surface area contributed by atoms with Crippen molar-refractivity contribution < 1.29 is 19.4 Å². The van der Waals surface area contributed by atoms with E-state index in [1.807, 2.05) is 13.1 Å². The van der Waals surface area contributed by atoms with Gasteiger partial charge in [-0.25, -0.2) is 4.79 Å². The predicted molar refractivity (Wildman–Crippen MR) is 117 cm³/mol. The van der Waals surface area contributed by atoms with Gasteiger partial charge < -0.3 is 14.7 Å². The van der Waals surface area contributed by atoms with Gasteiger partial charge in [-0.3, -0.25) is 4.79 Å². The third kappa shape index (κ3) is 3.65. The molecule has 1 aromatic carbocycles. The summed E-state index contributed by atoms with van der Waals surface area (Å²) < 4.78 is 6.01. The van der Waals surface area contributed by atoms with Crippen molar-refractivity contribution in [2.75, 3.05) is 20.1 Å². The fraction of sp³-hybridized carbons (Fsp3) is 0.565. The molecule has 3 unspecified atom stereocenters. The highest BCUT2D eigenvalue weighted by molar-refractivity contribution is 6.44. The molecule has 3 atom stereocenters. The van der Waals surface area contributed by atoms with E-state index in [9.17, 15) is 14.7 Å². The number of rotatable bonds is 5. The lowest BCUT2D eigenvalue weighted by atomic mass is 9.71. The first kappa shape index (κ1) is 21.7. The van der Waals surface area contributed by atoms with Crippen LogP contribution >= 0.6 is 23.2 Å². The molecule has 2 aliphatic carbocycles. The fourth-order valence-electron chi connectivity index (χ4n) is 5.37. The van der Waals surface area contributed by atoms with Gasteiger partial charge in [-0.2, -0.15) is 0 Å². The number of carbonyl (C=O) groups is 2. The van der Waals surface area contributed by atoms with Gasteiger partial charge in [0, 0.05) is 29.9 Å². The highest BCUT2D eigenvalue weighted by Crippen LogP contribution is 2.57. The van der Waals surface area contributed by atoms with Crippen LogP contribution in [0.4, 0.5) is 0 Å². The number of benzene rings is 1. The molecule has 0 radical (unpaired) electrons. The van der Waals surface area contributed by atoms with Crippen molar-refractivity contribution in [1.82, 2.24) is 4.90 Å². The van der Waals surface area contributed by atoms with Gasteiger partial charge in [0.05, 0.1) is 5.02 Å². The molecule has 1 N–H and O–H groups in total. The van der Waals surface area contributed by atoms with Crippen LogP contribution in [0.3, 0.4) is 0 Å². The van der Waals surface area contributed by atoms with Crippen LogP contribution < -0.4 is 4.74 Å². The summed E-state index contributed by atoms with van der Waals surface area (Å²) in [5, 5.41) is 10.4. The number of hydrogen-bond donors (Lipinski definition) is 1. The minimum Gasteiger partial charge on any atom is -0.478 e. The number of halogens is 2. The second kappa shape index (κ2) is 8.18. The maximum absolute atomic E-state index is 12.1. The average molecular weight is 452 g/mol. The van der Waals surface area contributed by atoms with Gasteiger partial charge in [0.15, 0.2) is 11.9 Å². The minimum absolute atomic E-state index is 0.111. The summed E-state index contributed by atoms with van der Waals surface area (Å²) in [5.41, 5.74) is 2.67. The Morgan fingerprint density at radius 3 is 2.83 bits per heavy atom. The molecular weight excluding hydrogens is 425 g/mol. The molecule has 0 bridgehead atoms. The molecule has 30 heavy (non-hydrogen) atoms. The number of allylic oxidation sites excluding steroid dienone is 2. The lowest BCUT2D eigenvalue weighted by Crippen LogP contribution is -2.44. The molecule has 0 saturated carbocycles. The highest BCUT2D eigenvalue weighted by Gasteiger charge is 2.45. The van der Waals surface area contributed by atoms with Gasteiger partial charge in [-0.1, -0.05) is 30.1 Å². The number of nitrogens with zero attached hydrogens (tertiary/aromatic N) is 1. The van der Waals surface area contributed by atoms with Gasteiger partial charge in [0.2, 0.25) is 0 Å². The molecule has 7 heteroatoms. The normalized spacial score (nSPS) is 27.3. The standard InChI is InChI=1S/C23H27Cl2NO4/c1-3-23-7-6-15(27)10-16(23)18-14(11-23)9-17(19(24)20(18)25)30-21(22(28)29)13-5-4-8-26(2)12-13/h9-10,13,21H,3-8,11-12H2,1-2H3,(H,28,29). The lowest BCUT2D eigenvalue weighted by molar-refractivity contribution is -0.148. The Morgan fingerprint density at radius 2 is 2.17 bits per heavy atom. The van der Waals surface area contributed by atoms with Crippen LogP contribution in [0, 0.1) is 11.3 Å². The smallest absolute Gasteiger partial charge is 0.345 e. The van der Waals surface area contributed by atoms with Crippen LogP contribution in [0.2, 0.25) is 10.0 Å². The SMILES string of the molecule is CCC12CCC(=O)C=C1c1c(cc(OC(C(=O)O)C3CCCN(C)C3)c(Cl)c1Cl)C2. The van der Waals surface area contributed by atoms with Crippen LogP contribution in [-0.2, 0) is 16.0 Å². The molecule has 0 spiro atoms. The molecule has 3 aliphatic rings. The number of ether oxygens (including phenoxy) is 1. The number of fused-ring (bicyclic) bond motifs is 3. The first-order valence-electron chi connectivity index (χ1n) is 10.6. The number of carbonyl (C=O) groups excluding carboxylic acids is 1. The first-order chi connectivity index (χ1) is 14.3. The van der Waals surface area contributed by atoms with E-state index < -0.39 is 12.1 Å². The number of likely N-dealkylation sites (tertiary alicyclic amines) is 1. The Hall–Kier alpha value is -1.56. The van der Waals surface area contributed by atoms with Crippen molar-refractivity contribution in [2.24, 2.45) is 11.3 Å². The largest absolute Gasteiger partial charge is 0.478 e. The molecule has 1 aromatic rings. The summed E-state index contributed by atoms with van der Waals surface area (Å²) in [4.78, 5) is 26.3. The van der Waals surface area contributed by atoms with E-state index in [1.54, 1.807) is 6.08 Å². The monoisotopic (exact) mass is 451 g/mol. The second-order valence-corrected chi connectivity index (χ2v) is 9.67. The molecule has 1 saturated heterocycles. The van der Waals surface area contributed by atoms with Crippen molar-refractivity contribution in [2.45, 2.75) is 51.6 Å². The third-order valence-electron chi connectivity index (χ3n) is 7.04. The second-order valence-electron chi connectivity index (χ2n) is 8.91. The van der Waals surface area contributed by atoms with E-state index in [1.165, 1.54) is 0 Å². The zero-order valence-corrected chi connectivity index (χ0v) is 18.9. The number of hydrogen-bond acceptors (Lipinski definition) is 4. The molecular formula is C23H27Cl2NO4. The zero-order chi connectivity index (χ0) is 21.6. The molecule has 1 fully saturated rings. The van der Waals surface area contributed by atoms with Crippen molar-refractivity contribution in [3.63, 3.8) is 0 Å². The summed E-state index contributed by atoms with van der Waals surface area (Å²) in [5.74, 6) is -0.677. The van der Waals surface area contributed by atoms with Crippen LogP contribution in [0.5, 0.6) is 5.75 Å². The Labute approximate surface area is 187 Å². The number of aliphatic carboxylic acids is 1. The molecule has 1 heterocycles. The molecule has 5 nitrogen and oxygen atoms in total. The summed E-state index contributed by atoms with van der Waals surface area (Å²) in [6.45, 7) is 3.75. The van der Waals surface area contributed by atoms with E-state index in [-0.39, 0.29) is 22.1 Å². The first-order valence-corrected chi connectivity index (χ1v) is 11.4. The fourth-order valence-corrected chi connectivity index (χ4v) is 5.88. The predicted octanol–water partition coefficient (Wildman–Crippen LogP) is 4.87. The van der Waals surface area contributed by atoms with Gasteiger partial charge >= 0.3 is 5.97 Å². The highest BCUT2D eigenvalue weighted by atomic mass is 35.5. The third-order valence-corrected chi connectivity index (χ3v) is 7.89. The number of piperidine rings is 1. The minimum atomic E-state index is -0.991. The van der Waals surface area contributed by atoms with Gasteiger partial charge in [0.1, 0.15) is 10.8 Å². The van der Waals surface area contributed by atoms with Crippen molar-refractivity contribution >= 4 is 40.5 Å². The molecule has 162 valence electrons. The number of ketones is 1. The van der Waals surface area contributed by atoms with E-state index >= 15 is 0 Å². The van der Waals surface area contributed by atoms with E-state index in [0.29, 0.717) is 23.7 Å². The summed E-state index contributed by atoms with van der Waals surface area (Å²) in [7, 11) is 1.99. The summed E-state index contributed by atoms with van der Waals surface area (Å²) >= 11 is 13.3. The van der Waals surface area contributed by atoms with E-state index in [4.69, 9.17) is 27.9 Å². The Morgan fingerprint density at radius 1 is 1.40 bits per heavy atom. The van der Waals surface area contributed by atoms with Gasteiger partial charge in [0.25, 0.3) is 0 Å². The zero-order valence-electron chi connectivity index (χ0n) is 17.3. The molecule has 1 aliphatic heterocycles. The van der Waals surface area contributed by atoms with E-state index in [2.05, 4.69) is 11.8 Å². The summed E-state index contributed by atoms with van der Waals surface area (Å²) in [6.07, 6.45) is 5.46. The van der Waals surface area contributed by atoms with Gasteiger partial charge in [-0.15, -0.1) is 0 Å². The van der Waals surface area contributed by atoms with E-state index in [0.717, 1.165) is 55.3 Å². The van der Waals surface area contributed by atoms with Gasteiger partial charge in [-0.05, 0) is 69.0 Å². The topological polar surface area (TPSA) is 66.8 Å². The van der Waals surface area contributed by atoms with Crippen molar-refractivity contribution in [3.8, 4) is 5.75 Å².